The summed E-state index contributed by atoms with van der Waals surface area (Å²) in [5.41, 5.74) is 2.03. The van der Waals surface area contributed by atoms with Crippen LogP contribution in [0.1, 0.15) is 16.3 Å². The summed E-state index contributed by atoms with van der Waals surface area (Å²) < 4.78 is 2.21. The fourth-order valence-corrected chi connectivity index (χ4v) is 6.12. The number of aromatic nitrogens is 4. The molecule has 10 heteroatoms. The lowest BCUT2D eigenvalue weighted by Gasteiger charge is -2.12. The first-order valence-electron chi connectivity index (χ1n) is 9.30. The van der Waals surface area contributed by atoms with Gasteiger partial charge in [-0.25, -0.2) is 9.97 Å². The van der Waals surface area contributed by atoms with Crippen LogP contribution in [0.3, 0.4) is 0 Å². The number of hydrogen-bond acceptors (Lipinski definition) is 7. The normalized spacial score (nSPS) is 11.6. The Morgan fingerprint density at radius 3 is 2.68 bits per heavy atom. The number of rotatable bonds is 4. The molecule has 0 aliphatic carbocycles. The Morgan fingerprint density at radius 1 is 1.13 bits per heavy atom. The van der Waals surface area contributed by atoms with E-state index >= 15 is 0 Å². The van der Waals surface area contributed by atoms with E-state index in [4.69, 9.17) is 16.6 Å². The molecule has 0 saturated carbocycles. The summed E-state index contributed by atoms with van der Waals surface area (Å²) in [4.78, 5) is 39.7. The third-order valence-electron chi connectivity index (χ3n) is 4.96. The van der Waals surface area contributed by atoms with E-state index in [2.05, 4.69) is 9.97 Å². The fraction of sp³-hybridized carbons (Fsp3) is 0.143. The van der Waals surface area contributed by atoms with E-state index in [1.54, 1.807) is 28.8 Å². The van der Waals surface area contributed by atoms with Crippen molar-refractivity contribution in [1.82, 2.24) is 19.5 Å². The van der Waals surface area contributed by atoms with Crippen LogP contribution in [0.25, 0.3) is 26.1 Å². The van der Waals surface area contributed by atoms with E-state index < -0.39 is 0 Å². The first-order valence-corrected chi connectivity index (χ1v) is 12.4. The molecule has 5 aromatic rings. The Bertz CT molecular complexity index is 1560. The standard InChI is InChI=1S/C21H15ClN4O2S3/c1-10-11(2)31-19-16(10)20(28)26(13-5-3-12(22)4-6-13)21(25-19)30-9-15-23-14-7-8-29-17(14)18(27)24-15/h3-8H,9H2,1-2H3,(H,23,24,27). The highest BCUT2D eigenvalue weighted by Crippen LogP contribution is 2.30. The van der Waals surface area contributed by atoms with Crippen molar-refractivity contribution in [3.8, 4) is 5.69 Å². The Balaban J connectivity index is 1.64. The van der Waals surface area contributed by atoms with Crippen LogP contribution >= 0.6 is 46.0 Å². The lowest BCUT2D eigenvalue weighted by Crippen LogP contribution is -2.21. The molecule has 156 valence electrons. The van der Waals surface area contributed by atoms with Crippen molar-refractivity contribution < 1.29 is 0 Å². The second kappa shape index (κ2) is 7.90. The van der Waals surface area contributed by atoms with Crippen LogP contribution in [0.2, 0.25) is 5.02 Å². The molecule has 0 amide bonds. The molecule has 6 nitrogen and oxygen atoms in total. The van der Waals surface area contributed by atoms with Crippen molar-refractivity contribution in [3.63, 3.8) is 0 Å². The fourth-order valence-electron chi connectivity index (χ4n) is 3.31. The van der Waals surface area contributed by atoms with Gasteiger partial charge in [0.25, 0.3) is 11.1 Å². The number of aromatic amines is 1. The zero-order valence-corrected chi connectivity index (χ0v) is 19.6. The molecule has 0 aliphatic heterocycles. The molecule has 0 unspecified atom stereocenters. The van der Waals surface area contributed by atoms with Gasteiger partial charge in [-0.1, -0.05) is 23.4 Å². The first kappa shape index (κ1) is 20.4. The molecule has 0 spiro atoms. The topological polar surface area (TPSA) is 80.6 Å². The molecular weight excluding hydrogens is 472 g/mol. The van der Waals surface area contributed by atoms with E-state index in [0.717, 1.165) is 10.4 Å². The number of thioether (sulfide) groups is 1. The third-order valence-corrected chi connectivity index (χ3v) is 8.16. The first-order chi connectivity index (χ1) is 14.9. The van der Waals surface area contributed by atoms with E-state index in [1.165, 1.54) is 34.4 Å². The summed E-state index contributed by atoms with van der Waals surface area (Å²) in [5, 5.41) is 3.61. The third kappa shape index (κ3) is 3.61. The average Bonchev–Trinajstić information content (AvgIpc) is 3.32. The van der Waals surface area contributed by atoms with Crippen molar-refractivity contribution in [1.29, 1.82) is 0 Å². The summed E-state index contributed by atoms with van der Waals surface area (Å²) in [7, 11) is 0. The van der Waals surface area contributed by atoms with Crippen molar-refractivity contribution in [2.75, 3.05) is 0 Å². The number of hydrogen-bond donors (Lipinski definition) is 1. The van der Waals surface area contributed by atoms with Gasteiger partial charge >= 0.3 is 0 Å². The molecule has 4 aromatic heterocycles. The summed E-state index contributed by atoms with van der Waals surface area (Å²) >= 11 is 10.3. The summed E-state index contributed by atoms with van der Waals surface area (Å²) in [5.74, 6) is 0.909. The Labute approximate surface area is 193 Å². The van der Waals surface area contributed by atoms with E-state index in [1.807, 2.05) is 25.3 Å². The van der Waals surface area contributed by atoms with Crippen LogP contribution < -0.4 is 11.1 Å². The van der Waals surface area contributed by atoms with Gasteiger partial charge in [-0.05, 0) is 55.1 Å². The van der Waals surface area contributed by atoms with Crippen molar-refractivity contribution in [3.05, 3.63) is 77.7 Å². The van der Waals surface area contributed by atoms with Crippen LogP contribution in [-0.2, 0) is 5.75 Å². The molecule has 5 rings (SSSR count). The van der Waals surface area contributed by atoms with Crippen LogP contribution in [0.15, 0.2) is 50.5 Å². The molecule has 0 saturated heterocycles. The molecule has 0 aliphatic rings. The predicted molar refractivity (Wildman–Crippen MR) is 130 cm³/mol. The van der Waals surface area contributed by atoms with Crippen LogP contribution in [0.5, 0.6) is 0 Å². The van der Waals surface area contributed by atoms with Gasteiger partial charge < -0.3 is 4.98 Å². The molecule has 0 radical (unpaired) electrons. The molecule has 4 heterocycles. The Kier molecular flexibility index (Phi) is 5.21. The molecule has 0 bridgehead atoms. The molecule has 31 heavy (non-hydrogen) atoms. The highest BCUT2D eigenvalue weighted by Gasteiger charge is 2.18. The summed E-state index contributed by atoms with van der Waals surface area (Å²) in [6.07, 6.45) is 0. The van der Waals surface area contributed by atoms with Crippen LogP contribution in [-0.4, -0.2) is 19.5 Å². The number of halogens is 1. The number of benzene rings is 1. The number of thiophene rings is 2. The molecule has 0 fully saturated rings. The second-order valence-corrected chi connectivity index (χ2v) is 10.4. The SMILES string of the molecule is Cc1sc2nc(SCc3nc4ccsc4c(=O)[nH]3)n(-c3ccc(Cl)cc3)c(=O)c2c1C. The zero-order chi connectivity index (χ0) is 21.7. The van der Waals surface area contributed by atoms with Gasteiger partial charge in [0.1, 0.15) is 15.4 Å². The van der Waals surface area contributed by atoms with Crippen molar-refractivity contribution in [2.45, 2.75) is 24.8 Å². The summed E-state index contributed by atoms with van der Waals surface area (Å²) in [6.45, 7) is 3.94. The predicted octanol–water partition coefficient (Wildman–Crippen LogP) is 5.31. The smallest absolute Gasteiger partial charge is 0.268 e. The molecule has 1 aromatic carbocycles. The maximum atomic E-state index is 13.5. The van der Waals surface area contributed by atoms with E-state index in [0.29, 0.717) is 47.9 Å². The van der Waals surface area contributed by atoms with Gasteiger partial charge in [0, 0.05) is 9.90 Å². The minimum atomic E-state index is -0.154. The van der Waals surface area contributed by atoms with Crippen molar-refractivity contribution in [2.24, 2.45) is 0 Å². The van der Waals surface area contributed by atoms with E-state index in [-0.39, 0.29) is 11.1 Å². The second-order valence-electron chi connectivity index (χ2n) is 6.91. The number of fused-ring (bicyclic) bond motifs is 2. The minimum Gasteiger partial charge on any atom is -0.309 e. The maximum absolute atomic E-state index is 13.5. The lowest BCUT2D eigenvalue weighted by molar-refractivity contribution is 0.820. The highest BCUT2D eigenvalue weighted by molar-refractivity contribution is 7.98. The average molecular weight is 487 g/mol. The largest absolute Gasteiger partial charge is 0.309 e. The maximum Gasteiger partial charge on any atom is 0.268 e. The van der Waals surface area contributed by atoms with Gasteiger partial charge in [0.2, 0.25) is 0 Å². The quantitative estimate of drug-likeness (QED) is 0.275. The molecule has 0 atom stereocenters. The number of H-pyrrole nitrogens is 1. The summed E-state index contributed by atoms with van der Waals surface area (Å²) in [6, 6.07) is 8.92. The highest BCUT2D eigenvalue weighted by atomic mass is 35.5. The minimum absolute atomic E-state index is 0.119. The van der Waals surface area contributed by atoms with Gasteiger partial charge in [-0.15, -0.1) is 22.7 Å². The monoisotopic (exact) mass is 486 g/mol. The Hall–Kier alpha value is -2.46. The lowest BCUT2D eigenvalue weighted by atomic mass is 10.2. The van der Waals surface area contributed by atoms with Gasteiger partial charge in [-0.2, -0.15) is 0 Å². The van der Waals surface area contributed by atoms with Gasteiger partial charge in [0.05, 0.1) is 22.3 Å². The number of nitrogens with zero attached hydrogens (tertiary/aromatic N) is 3. The van der Waals surface area contributed by atoms with Crippen molar-refractivity contribution >= 4 is 66.5 Å². The molecular formula is C21H15ClN4O2S3. The van der Waals surface area contributed by atoms with Crippen LogP contribution in [0.4, 0.5) is 0 Å². The van der Waals surface area contributed by atoms with E-state index in [9.17, 15) is 9.59 Å². The number of aryl methyl sites for hydroxylation is 2. The van der Waals surface area contributed by atoms with Crippen LogP contribution in [0, 0.1) is 13.8 Å². The van der Waals surface area contributed by atoms with Gasteiger partial charge in [0.15, 0.2) is 5.16 Å². The zero-order valence-electron chi connectivity index (χ0n) is 16.4. The van der Waals surface area contributed by atoms with Gasteiger partial charge in [-0.3, -0.25) is 14.2 Å². The Morgan fingerprint density at radius 2 is 1.90 bits per heavy atom. The number of nitrogens with one attached hydrogen (secondary N) is 1. The molecule has 1 N–H and O–H groups in total.